The predicted octanol–water partition coefficient (Wildman–Crippen LogP) is 1.01. The maximum absolute atomic E-state index is 12.5. The van der Waals surface area contributed by atoms with Crippen molar-refractivity contribution in [1.29, 1.82) is 0 Å². The average molecular weight is 145 g/mol. The van der Waals surface area contributed by atoms with Crippen molar-refractivity contribution in [2.75, 3.05) is 0 Å². The molecule has 0 aromatic carbocycles. The Morgan fingerprint density at radius 3 is 2.70 bits per heavy atom. The first-order chi connectivity index (χ1) is 4.68. The monoisotopic (exact) mass is 145 g/mol. The van der Waals surface area contributed by atoms with E-state index in [0.29, 0.717) is 12.8 Å². The average Bonchev–Trinajstić information content (AvgIpc) is 2.13. The van der Waals surface area contributed by atoms with Crippen molar-refractivity contribution in [3.63, 3.8) is 0 Å². The molecule has 0 unspecified atom stereocenters. The van der Waals surface area contributed by atoms with Crippen molar-refractivity contribution >= 4 is 5.91 Å². The van der Waals surface area contributed by atoms with Gasteiger partial charge in [-0.15, -0.1) is 0 Å². The minimum atomic E-state index is -0.697. The number of rotatable bonds is 1. The van der Waals surface area contributed by atoms with Gasteiger partial charge in [0.2, 0.25) is 5.91 Å². The molecule has 1 aliphatic rings. The summed E-state index contributed by atoms with van der Waals surface area (Å²) in [7, 11) is 0. The summed E-state index contributed by atoms with van der Waals surface area (Å²) in [4.78, 5) is 10.5. The van der Waals surface area contributed by atoms with Crippen molar-refractivity contribution in [2.24, 2.45) is 0 Å². The fraction of sp³-hybridized carbons (Fsp3) is 0.857. The molecule has 10 heavy (non-hydrogen) atoms. The lowest BCUT2D eigenvalue weighted by Crippen LogP contribution is -2.30. The summed E-state index contributed by atoms with van der Waals surface area (Å²) in [5, 5.41) is 2.69. The molecule has 0 aromatic heterocycles. The molecule has 0 heterocycles. The summed E-state index contributed by atoms with van der Waals surface area (Å²) in [5.41, 5.74) is 0. The van der Waals surface area contributed by atoms with Gasteiger partial charge in [-0.1, -0.05) is 0 Å². The number of carbonyl (C=O) groups excluding carboxylic acids is 1. The molecular formula is C7H12FNO. The standard InChI is InChI=1S/C7H12FNO/c1-5(10)9-7-3-2-6(8)4-7/h6-7H,2-4H2,1H3,(H,9,10)/t6-,7-/m1/s1. The van der Waals surface area contributed by atoms with Crippen LogP contribution in [0.25, 0.3) is 0 Å². The van der Waals surface area contributed by atoms with E-state index in [9.17, 15) is 9.18 Å². The molecule has 1 aliphatic carbocycles. The number of amides is 1. The van der Waals surface area contributed by atoms with Crippen LogP contribution >= 0.6 is 0 Å². The molecular weight excluding hydrogens is 133 g/mol. The quantitative estimate of drug-likeness (QED) is 0.586. The smallest absolute Gasteiger partial charge is 0.217 e. The number of hydrogen-bond donors (Lipinski definition) is 1. The van der Waals surface area contributed by atoms with Crippen LogP contribution in [0.3, 0.4) is 0 Å². The van der Waals surface area contributed by atoms with Crippen LogP contribution in [0.4, 0.5) is 4.39 Å². The normalized spacial score (nSPS) is 32.2. The molecule has 0 saturated heterocycles. The largest absolute Gasteiger partial charge is 0.354 e. The Balaban J connectivity index is 2.24. The second-order valence-electron chi connectivity index (χ2n) is 2.81. The highest BCUT2D eigenvalue weighted by atomic mass is 19.1. The summed E-state index contributed by atoms with van der Waals surface area (Å²) in [6.07, 6.45) is 1.20. The third-order valence-corrected chi connectivity index (χ3v) is 1.78. The SMILES string of the molecule is CC(=O)N[C@@H]1CC[C@@H](F)C1. The minimum Gasteiger partial charge on any atom is -0.354 e. The van der Waals surface area contributed by atoms with Gasteiger partial charge in [0.05, 0.1) is 0 Å². The van der Waals surface area contributed by atoms with E-state index in [1.54, 1.807) is 0 Å². The minimum absolute atomic E-state index is 0.0564. The fourth-order valence-electron chi connectivity index (χ4n) is 1.35. The molecule has 3 heteroatoms. The van der Waals surface area contributed by atoms with E-state index in [2.05, 4.69) is 5.32 Å². The lowest BCUT2D eigenvalue weighted by molar-refractivity contribution is -0.119. The second-order valence-corrected chi connectivity index (χ2v) is 2.81. The van der Waals surface area contributed by atoms with Gasteiger partial charge in [-0.3, -0.25) is 4.79 Å². The van der Waals surface area contributed by atoms with Crippen molar-refractivity contribution in [3.8, 4) is 0 Å². The van der Waals surface area contributed by atoms with Gasteiger partial charge in [0, 0.05) is 13.0 Å². The third-order valence-electron chi connectivity index (χ3n) is 1.78. The van der Waals surface area contributed by atoms with Crippen molar-refractivity contribution in [1.82, 2.24) is 5.32 Å². The molecule has 1 amide bonds. The van der Waals surface area contributed by atoms with Gasteiger partial charge in [0.25, 0.3) is 0 Å². The Morgan fingerprint density at radius 2 is 2.30 bits per heavy atom. The topological polar surface area (TPSA) is 29.1 Å². The first kappa shape index (κ1) is 7.51. The fourth-order valence-corrected chi connectivity index (χ4v) is 1.35. The van der Waals surface area contributed by atoms with Crippen molar-refractivity contribution < 1.29 is 9.18 Å². The van der Waals surface area contributed by atoms with Crippen molar-refractivity contribution in [2.45, 2.75) is 38.4 Å². The Labute approximate surface area is 59.8 Å². The number of carbonyl (C=O) groups is 1. The highest BCUT2D eigenvalue weighted by Crippen LogP contribution is 2.21. The lowest BCUT2D eigenvalue weighted by atomic mass is 10.2. The van der Waals surface area contributed by atoms with Gasteiger partial charge in [-0.25, -0.2) is 4.39 Å². The second kappa shape index (κ2) is 2.99. The molecule has 58 valence electrons. The summed E-state index contributed by atoms with van der Waals surface area (Å²) < 4.78 is 12.5. The van der Waals surface area contributed by atoms with E-state index >= 15 is 0 Å². The number of alkyl halides is 1. The number of halogens is 1. The molecule has 1 fully saturated rings. The molecule has 1 saturated carbocycles. The summed E-state index contributed by atoms with van der Waals surface area (Å²) in [5.74, 6) is -0.0564. The Hall–Kier alpha value is -0.600. The molecule has 0 aromatic rings. The maximum Gasteiger partial charge on any atom is 0.217 e. The van der Waals surface area contributed by atoms with Gasteiger partial charge >= 0.3 is 0 Å². The Morgan fingerprint density at radius 1 is 1.60 bits per heavy atom. The van der Waals surface area contributed by atoms with E-state index in [1.165, 1.54) is 6.92 Å². The molecule has 0 bridgehead atoms. The van der Waals surface area contributed by atoms with Gasteiger partial charge in [0.1, 0.15) is 6.17 Å². The van der Waals surface area contributed by atoms with Crippen molar-refractivity contribution in [3.05, 3.63) is 0 Å². The highest BCUT2D eigenvalue weighted by molar-refractivity contribution is 5.73. The molecule has 1 rings (SSSR count). The van der Waals surface area contributed by atoms with Crippen LogP contribution in [-0.2, 0) is 4.79 Å². The molecule has 2 nitrogen and oxygen atoms in total. The zero-order chi connectivity index (χ0) is 7.56. The Kier molecular flexibility index (Phi) is 2.25. The number of hydrogen-bond acceptors (Lipinski definition) is 1. The number of nitrogens with one attached hydrogen (secondary N) is 1. The van der Waals surface area contributed by atoms with Crippen LogP contribution in [-0.4, -0.2) is 18.1 Å². The molecule has 1 N–H and O–H groups in total. The van der Waals surface area contributed by atoms with Gasteiger partial charge in [-0.2, -0.15) is 0 Å². The molecule has 2 atom stereocenters. The molecule has 0 spiro atoms. The predicted molar refractivity (Wildman–Crippen MR) is 36.4 cm³/mol. The maximum atomic E-state index is 12.5. The van der Waals surface area contributed by atoms with Crippen LogP contribution in [0.2, 0.25) is 0 Å². The van der Waals surface area contributed by atoms with Crippen LogP contribution in [0, 0.1) is 0 Å². The van der Waals surface area contributed by atoms with Crippen LogP contribution in [0.15, 0.2) is 0 Å². The highest BCUT2D eigenvalue weighted by Gasteiger charge is 2.24. The van der Waals surface area contributed by atoms with E-state index in [4.69, 9.17) is 0 Å². The third kappa shape index (κ3) is 1.97. The lowest BCUT2D eigenvalue weighted by Gasteiger charge is -2.08. The molecule has 0 radical (unpaired) electrons. The zero-order valence-corrected chi connectivity index (χ0v) is 6.06. The van der Waals surface area contributed by atoms with Crippen LogP contribution in [0.5, 0.6) is 0 Å². The summed E-state index contributed by atoms with van der Waals surface area (Å²) >= 11 is 0. The van der Waals surface area contributed by atoms with E-state index in [1.807, 2.05) is 0 Å². The van der Waals surface area contributed by atoms with Crippen LogP contribution < -0.4 is 5.32 Å². The van der Waals surface area contributed by atoms with E-state index in [-0.39, 0.29) is 11.9 Å². The summed E-state index contributed by atoms with van der Waals surface area (Å²) in [6, 6.07) is 0.0903. The van der Waals surface area contributed by atoms with Gasteiger partial charge in [0.15, 0.2) is 0 Å². The zero-order valence-electron chi connectivity index (χ0n) is 6.06. The Bertz CT molecular complexity index is 138. The molecule has 0 aliphatic heterocycles. The first-order valence-corrected chi connectivity index (χ1v) is 3.59. The van der Waals surface area contributed by atoms with E-state index in [0.717, 1.165) is 6.42 Å². The van der Waals surface area contributed by atoms with Gasteiger partial charge in [-0.05, 0) is 19.3 Å². The van der Waals surface area contributed by atoms with E-state index < -0.39 is 6.17 Å². The van der Waals surface area contributed by atoms with Crippen LogP contribution in [0.1, 0.15) is 26.2 Å². The summed E-state index contributed by atoms with van der Waals surface area (Å²) in [6.45, 7) is 1.46. The first-order valence-electron chi connectivity index (χ1n) is 3.59. The van der Waals surface area contributed by atoms with Gasteiger partial charge < -0.3 is 5.32 Å².